The molecule has 0 aliphatic heterocycles. The van der Waals surface area contributed by atoms with E-state index in [4.69, 9.17) is 4.42 Å². The van der Waals surface area contributed by atoms with Gasteiger partial charge in [-0.2, -0.15) is 4.98 Å². The van der Waals surface area contributed by atoms with Gasteiger partial charge in [0.05, 0.1) is 4.90 Å². The van der Waals surface area contributed by atoms with Crippen molar-refractivity contribution < 1.29 is 12.8 Å². The molecule has 9 heteroatoms. The van der Waals surface area contributed by atoms with Crippen molar-refractivity contribution in [2.45, 2.75) is 4.90 Å². The predicted molar refractivity (Wildman–Crippen MR) is 107 cm³/mol. The number of nitrogens with one attached hydrogen (secondary N) is 1. The number of sulfonamides is 1. The van der Waals surface area contributed by atoms with Gasteiger partial charge in [-0.1, -0.05) is 12.1 Å². The van der Waals surface area contributed by atoms with Crippen molar-refractivity contribution in [1.29, 1.82) is 0 Å². The fraction of sp³-hybridized carbons (Fsp3) is 0.105. The molecular weight excluding hydrogens is 378 g/mol. The molecule has 1 aromatic carbocycles. The van der Waals surface area contributed by atoms with Crippen LogP contribution in [0.2, 0.25) is 0 Å². The summed E-state index contributed by atoms with van der Waals surface area (Å²) in [6.07, 6.45) is 1.62. The number of aromatic nitrogens is 3. The van der Waals surface area contributed by atoms with Gasteiger partial charge in [0.1, 0.15) is 11.5 Å². The third-order valence-electron chi connectivity index (χ3n) is 4.02. The van der Waals surface area contributed by atoms with Crippen LogP contribution in [0.1, 0.15) is 0 Å². The maximum atomic E-state index is 12.7. The Morgan fingerprint density at radius 2 is 1.82 bits per heavy atom. The monoisotopic (exact) mass is 395 g/mol. The van der Waals surface area contributed by atoms with Gasteiger partial charge in [-0.15, -0.1) is 0 Å². The highest BCUT2D eigenvalue weighted by Gasteiger charge is 2.17. The van der Waals surface area contributed by atoms with Crippen molar-refractivity contribution in [3.8, 4) is 11.6 Å². The molecule has 0 spiro atoms. The third kappa shape index (κ3) is 3.52. The summed E-state index contributed by atoms with van der Waals surface area (Å²) in [6, 6.07) is 15.1. The Balaban J connectivity index is 1.65. The van der Waals surface area contributed by atoms with Crippen molar-refractivity contribution in [2.75, 3.05) is 23.7 Å². The van der Waals surface area contributed by atoms with Crippen LogP contribution < -0.4 is 9.62 Å². The minimum Gasteiger partial charge on any atom is -0.433 e. The van der Waals surface area contributed by atoms with Crippen molar-refractivity contribution in [3.05, 3.63) is 60.8 Å². The van der Waals surface area contributed by atoms with Gasteiger partial charge >= 0.3 is 0 Å². The van der Waals surface area contributed by atoms with E-state index in [0.29, 0.717) is 16.9 Å². The molecule has 3 aromatic heterocycles. The Hall–Kier alpha value is -3.46. The number of benzene rings is 1. The molecule has 0 fully saturated rings. The smallest absolute Gasteiger partial charge is 0.263 e. The quantitative estimate of drug-likeness (QED) is 0.554. The molecule has 28 heavy (non-hydrogen) atoms. The van der Waals surface area contributed by atoms with E-state index in [9.17, 15) is 8.42 Å². The van der Waals surface area contributed by atoms with Crippen LogP contribution in [0.5, 0.6) is 0 Å². The Labute approximate surface area is 161 Å². The maximum absolute atomic E-state index is 12.7. The first-order valence-corrected chi connectivity index (χ1v) is 9.90. The lowest BCUT2D eigenvalue weighted by Gasteiger charge is -2.14. The second kappa shape index (κ2) is 6.93. The van der Waals surface area contributed by atoms with Crippen LogP contribution in [-0.4, -0.2) is 37.5 Å². The summed E-state index contributed by atoms with van der Waals surface area (Å²) < 4.78 is 33.6. The number of hydrogen-bond acceptors (Lipinski definition) is 7. The van der Waals surface area contributed by atoms with Crippen molar-refractivity contribution in [3.63, 3.8) is 0 Å². The lowest BCUT2D eigenvalue weighted by molar-refractivity contribution is 0.600. The Kier molecular flexibility index (Phi) is 4.44. The van der Waals surface area contributed by atoms with Crippen LogP contribution in [0.25, 0.3) is 22.8 Å². The minimum atomic E-state index is -3.80. The number of nitrogens with zero attached hydrogens (tertiary/aromatic N) is 4. The molecule has 1 N–H and O–H groups in total. The van der Waals surface area contributed by atoms with Crippen LogP contribution in [0.3, 0.4) is 0 Å². The first-order valence-electron chi connectivity index (χ1n) is 8.41. The number of rotatable bonds is 5. The molecule has 0 radical (unpaired) electrons. The van der Waals surface area contributed by atoms with E-state index < -0.39 is 10.0 Å². The Morgan fingerprint density at radius 3 is 2.61 bits per heavy atom. The van der Waals surface area contributed by atoms with E-state index in [1.807, 2.05) is 25.1 Å². The van der Waals surface area contributed by atoms with E-state index in [0.717, 1.165) is 5.69 Å². The number of anilines is 2. The summed E-state index contributed by atoms with van der Waals surface area (Å²) in [5, 5.41) is 0. The van der Waals surface area contributed by atoms with Crippen LogP contribution in [0.4, 0.5) is 11.5 Å². The highest BCUT2D eigenvalue weighted by molar-refractivity contribution is 7.92. The molecule has 0 saturated heterocycles. The highest BCUT2D eigenvalue weighted by atomic mass is 32.2. The molecule has 3 heterocycles. The summed E-state index contributed by atoms with van der Waals surface area (Å²) in [5.41, 5.74) is 2.18. The standard InChI is InChI=1S/C19H17N5O3S/c1-24(2)13-6-3-7-14(12-13)28(25,26)23-17-10-4-8-15(21-17)19-22-18-16(27-19)9-5-11-20-18/h3-12H,1-2H3,(H,21,23). The van der Waals surface area contributed by atoms with E-state index in [-0.39, 0.29) is 16.6 Å². The van der Waals surface area contributed by atoms with Crippen LogP contribution in [0, 0.1) is 0 Å². The SMILES string of the molecule is CN(C)c1cccc(S(=O)(=O)Nc2cccc(-c3nc4ncccc4o3)n2)c1. The molecule has 0 amide bonds. The van der Waals surface area contributed by atoms with Crippen molar-refractivity contribution >= 4 is 32.8 Å². The van der Waals surface area contributed by atoms with E-state index in [1.165, 1.54) is 6.07 Å². The Bertz CT molecular complexity index is 1220. The lowest BCUT2D eigenvalue weighted by Crippen LogP contribution is -2.15. The molecule has 0 aliphatic carbocycles. The van der Waals surface area contributed by atoms with E-state index in [1.54, 1.807) is 48.7 Å². The zero-order valence-corrected chi connectivity index (χ0v) is 16.0. The highest BCUT2D eigenvalue weighted by Crippen LogP contribution is 2.24. The van der Waals surface area contributed by atoms with Crippen molar-refractivity contribution in [1.82, 2.24) is 15.0 Å². The molecule has 0 saturated carbocycles. The molecule has 8 nitrogen and oxygen atoms in total. The van der Waals surface area contributed by atoms with Crippen molar-refractivity contribution in [2.24, 2.45) is 0 Å². The lowest BCUT2D eigenvalue weighted by atomic mass is 10.3. The van der Waals surface area contributed by atoms with Gasteiger partial charge in [-0.05, 0) is 42.5 Å². The molecule has 4 rings (SSSR count). The summed E-state index contributed by atoms with van der Waals surface area (Å²) in [5.74, 6) is 0.437. The fourth-order valence-corrected chi connectivity index (χ4v) is 3.66. The maximum Gasteiger partial charge on any atom is 0.263 e. The van der Waals surface area contributed by atoms with Crippen LogP contribution >= 0.6 is 0 Å². The molecule has 0 unspecified atom stereocenters. The predicted octanol–water partition coefficient (Wildman–Crippen LogP) is 3.15. The van der Waals surface area contributed by atoms with Gasteiger partial charge in [-0.3, -0.25) is 4.72 Å². The zero-order chi connectivity index (χ0) is 19.7. The number of pyridine rings is 2. The number of fused-ring (bicyclic) bond motifs is 1. The largest absolute Gasteiger partial charge is 0.433 e. The Morgan fingerprint density at radius 1 is 1.00 bits per heavy atom. The molecule has 142 valence electrons. The van der Waals surface area contributed by atoms with E-state index >= 15 is 0 Å². The molecule has 0 aliphatic rings. The van der Waals surface area contributed by atoms with E-state index in [2.05, 4.69) is 19.7 Å². The topological polar surface area (TPSA) is 101 Å². The van der Waals surface area contributed by atoms with Crippen LogP contribution in [0.15, 0.2) is 70.1 Å². The van der Waals surface area contributed by atoms with Gasteiger partial charge in [-0.25, -0.2) is 18.4 Å². The molecule has 0 atom stereocenters. The number of oxazole rings is 1. The fourth-order valence-electron chi connectivity index (χ4n) is 2.61. The molecule has 0 bridgehead atoms. The molecule has 4 aromatic rings. The van der Waals surface area contributed by atoms with Gasteiger partial charge in [0, 0.05) is 26.0 Å². The van der Waals surface area contributed by atoms with Gasteiger partial charge < -0.3 is 9.32 Å². The summed E-state index contributed by atoms with van der Waals surface area (Å²) in [6.45, 7) is 0. The average Bonchev–Trinajstić information content (AvgIpc) is 3.12. The first kappa shape index (κ1) is 17.9. The summed E-state index contributed by atoms with van der Waals surface area (Å²) >= 11 is 0. The minimum absolute atomic E-state index is 0.150. The second-order valence-corrected chi connectivity index (χ2v) is 7.93. The van der Waals surface area contributed by atoms with Gasteiger partial charge in [0.2, 0.25) is 5.89 Å². The second-order valence-electron chi connectivity index (χ2n) is 6.25. The van der Waals surface area contributed by atoms with Gasteiger partial charge in [0.15, 0.2) is 11.2 Å². The molecular formula is C19H17N5O3S. The van der Waals surface area contributed by atoms with Gasteiger partial charge in [0.25, 0.3) is 10.0 Å². The summed E-state index contributed by atoms with van der Waals surface area (Å²) in [4.78, 5) is 14.7. The zero-order valence-electron chi connectivity index (χ0n) is 15.2. The summed E-state index contributed by atoms with van der Waals surface area (Å²) in [7, 11) is -0.102. The van der Waals surface area contributed by atoms with Crippen LogP contribution in [-0.2, 0) is 10.0 Å². The first-order chi connectivity index (χ1) is 13.4. The number of hydrogen-bond donors (Lipinski definition) is 1. The normalized spacial score (nSPS) is 11.5. The third-order valence-corrected chi connectivity index (χ3v) is 5.37. The average molecular weight is 395 g/mol.